The van der Waals surface area contributed by atoms with Gasteiger partial charge in [0, 0.05) is 42.6 Å². The Bertz CT molecular complexity index is 1040. The summed E-state index contributed by atoms with van der Waals surface area (Å²) in [6, 6.07) is 4.49. The molecule has 0 spiro atoms. The number of halogens is 2. The van der Waals surface area contributed by atoms with E-state index in [1.165, 1.54) is 28.3 Å². The number of thiophene rings is 1. The van der Waals surface area contributed by atoms with Crippen molar-refractivity contribution < 1.29 is 18.7 Å². The van der Waals surface area contributed by atoms with E-state index in [1.807, 2.05) is 0 Å². The van der Waals surface area contributed by atoms with Gasteiger partial charge in [-0.05, 0) is 55.9 Å². The highest BCUT2D eigenvalue weighted by atomic mass is 35.5. The number of hydrogen-bond donors (Lipinski definition) is 1. The highest BCUT2D eigenvalue weighted by molar-refractivity contribution is 7.17. The molecule has 0 saturated carbocycles. The number of amides is 1. The molecule has 184 valence electrons. The van der Waals surface area contributed by atoms with Crippen LogP contribution in [0.1, 0.15) is 52.5 Å². The fraction of sp³-hybridized carbons (Fsp3) is 0.520. The third-order valence-electron chi connectivity index (χ3n) is 6.39. The fourth-order valence-electron chi connectivity index (χ4n) is 4.62. The smallest absolute Gasteiger partial charge is 0.341 e. The van der Waals surface area contributed by atoms with E-state index in [2.05, 4.69) is 15.1 Å². The molecule has 0 atom stereocenters. The number of piperazine rings is 1. The van der Waals surface area contributed by atoms with E-state index in [1.54, 1.807) is 13.0 Å². The minimum atomic E-state index is -0.342. The van der Waals surface area contributed by atoms with Crippen LogP contribution in [0.4, 0.5) is 9.39 Å². The van der Waals surface area contributed by atoms with Crippen LogP contribution < -0.4 is 5.32 Å². The van der Waals surface area contributed by atoms with Crippen LogP contribution in [0.5, 0.6) is 0 Å². The molecule has 1 N–H and O–H groups in total. The molecule has 4 rings (SSSR count). The van der Waals surface area contributed by atoms with Gasteiger partial charge in [-0.1, -0.05) is 24.1 Å². The minimum absolute atomic E-state index is 0.114. The Hall–Kier alpha value is -2.00. The van der Waals surface area contributed by atoms with Gasteiger partial charge in [0.25, 0.3) is 0 Å². The second-order valence-corrected chi connectivity index (χ2v) is 10.3. The first-order valence-corrected chi connectivity index (χ1v) is 13.1. The SMILES string of the molecule is CCOC(=O)c1c(NC(=O)CN2CCN(Cc3ccc(F)cc3Cl)CC2)sc2c1CCCCC2. The van der Waals surface area contributed by atoms with E-state index < -0.39 is 0 Å². The summed E-state index contributed by atoms with van der Waals surface area (Å²) < 4.78 is 18.6. The summed E-state index contributed by atoms with van der Waals surface area (Å²) in [6.07, 6.45) is 5.12. The molecular formula is C25H31ClFN3O3S. The summed E-state index contributed by atoms with van der Waals surface area (Å²) in [5, 5.41) is 4.07. The Morgan fingerprint density at radius 2 is 1.85 bits per heavy atom. The standard InChI is InChI=1S/C25H31ClFN3O3S/c1-2-33-25(32)23-19-6-4-3-5-7-21(19)34-24(23)28-22(31)16-30-12-10-29(11-13-30)15-17-8-9-18(27)14-20(17)26/h8-9,14H,2-7,10-13,15-16H2,1H3,(H,28,31). The summed E-state index contributed by atoms with van der Waals surface area (Å²) in [6.45, 7) is 6.12. The molecule has 1 aliphatic carbocycles. The Balaban J connectivity index is 1.34. The van der Waals surface area contributed by atoms with Gasteiger partial charge in [-0.2, -0.15) is 0 Å². The van der Waals surface area contributed by atoms with Crippen LogP contribution in [-0.2, 0) is 28.9 Å². The van der Waals surface area contributed by atoms with Crippen LogP contribution in [0, 0.1) is 5.82 Å². The highest BCUT2D eigenvalue weighted by Crippen LogP contribution is 2.38. The third kappa shape index (κ3) is 6.16. The lowest BCUT2D eigenvalue weighted by Crippen LogP contribution is -2.48. The summed E-state index contributed by atoms with van der Waals surface area (Å²) in [4.78, 5) is 31.1. The van der Waals surface area contributed by atoms with Crippen molar-refractivity contribution in [1.82, 2.24) is 9.80 Å². The van der Waals surface area contributed by atoms with Crippen LogP contribution in [0.25, 0.3) is 0 Å². The summed E-state index contributed by atoms with van der Waals surface area (Å²) in [7, 11) is 0. The number of anilines is 1. The van der Waals surface area contributed by atoms with E-state index in [0.29, 0.717) is 28.7 Å². The molecule has 2 aliphatic rings. The van der Waals surface area contributed by atoms with Crippen molar-refractivity contribution in [2.45, 2.75) is 45.6 Å². The number of ether oxygens (including phenoxy) is 1. The predicted molar refractivity (Wildman–Crippen MR) is 133 cm³/mol. The first kappa shape index (κ1) is 25.1. The maximum absolute atomic E-state index is 13.3. The van der Waals surface area contributed by atoms with Crippen LogP contribution >= 0.6 is 22.9 Å². The van der Waals surface area contributed by atoms with E-state index >= 15 is 0 Å². The topological polar surface area (TPSA) is 61.9 Å². The second-order valence-electron chi connectivity index (χ2n) is 8.83. The molecule has 34 heavy (non-hydrogen) atoms. The van der Waals surface area contributed by atoms with E-state index in [4.69, 9.17) is 16.3 Å². The van der Waals surface area contributed by atoms with Gasteiger partial charge < -0.3 is 10.1 Å². The molecule has 0 bridgehead atoms. The first-order chi connectivity index (χ1) is 16.4. The van der Waals surface area contributed by atoms with Crippen molar-refractivity contribution in [2.24, 2.45) is 0 Å². The average Bonchev–Trinajstić information content (AvgIpc) is 2.97. The third-order valence-corrected chi connectivity index (χ3v) is 7.95. The van der Waals surface area contributed by atoms with Gasteiger partial charge >= 0.3 is 5.97 Å². The average molecular weight is 508 g/mol. The van der Waals surface area contributed by atoms with Crippen LogP contribution in [-0.4, -0.2) is 61.0 Å². The van der Waals surface area contributed by atoms with Crippen molar-refractivity contribution in [2.75, 3.05) is 44.6 Å². The Labute approximate surface area is 209 Å². The monoisotopic (exact) mass is 507 g/mol. The van der Waals surface area contributed by atoms with Crippen LogP contribution in [0.15, 0.2) is 18.2 Å². The Kier molecular flexibility index (Phi) is 8.58. The number of fused-ring (bicyclic) bond motifs is 1. The molecule has 1 aliphatic heterocycles. The van der Waals surface area contributed by atoms with Crippen molar-refractivity contribution >= 4 is 39.8 Å². The van der Waals surface area contributed by atoms with Crippen molar-refractivity contribution in [3.63, 3.8) is 0 Å². The number of hydrogen-bond acceptors (Lipinski definition) is 6. The molecule has 1 aromatic carbocycles. The Morgan fingerprint density at radius 1 is 1.12 bits per heavy atom. The number of carbonyl (C=O) groups is 2. The number of benzene rings is 1. The number of nitrogens with one attached hydrogen (secondary N) is 1. The first-order valence-electron chi connectivity index (χ1n) is 11.9. The van der Waals surface area contributed by atoms with Crippen LogP contribution in [0.3, 0.4) is 0 Å². The van der Waals surface area contributed by atoms with E-state index in [-0.39, 0.29) is 24.2 Å². The predicted octanol–water partition coefficient (Wildman–Crippen LogP) is 4.74. The molecule has 2 heterocycles. The van der Waals surface area contributed by atoms with Gasteiger partial charge in [0.2, 0.25) is 5.91 Å². The molecule has 1 amide bonds. The normalized spacial score (nSPS) is 17.1. The van der Waals surface area contributed by atoms with Crippen molar-refractivity contribution in [1.29, 1.82) is 0 Å². The molecule has 0 radical (unpaired) electrons. The lowest BCUT2D eigenvalue weighted by Gasteiger charge is -2.34. The lowest BCUT2D eigenvalue weighted by molar-refractivity contribution is -0.117. The number of rotatable bonds is 7. The molecule has 0 unspecified atom stereocenters. The zero-order valence-corrected chi connectivity index (χ0v) is 21.1. The second kappa shape index (κ2) is 11.6. The quantitative estimate of drug-likeness (QED) is 0.433. The van der Waals surface area contributed by atoms with Crippen molar-refractivity contribution in [3.8, 4) is 0 Å². The number of carbonyl (C=O) groups excluding carboxylic acids is 2. The van der Waals surface area contributed by atoms with Gasteiger partial charge in [0.05, 0.1) is 18.7 Å². The van der Waals surface area contributed by atoms with Gasteiger partial charge in [0.15, 0.2) is 0 Å². The largest absolute Gasteiger partial charge is 0.462 e. The number of aryl methyl sites for hydroxylation is 1. The summed E-state index contributed by atoms with van der Waals surface area (Å²) in [5.41, 5.74) is 2.51. The molecular weight excluding hydrogens is 477 g/mol. The maximum atomic E-state index is 13.3. The van der Waals surface area contributed by atoms with Gasteiger partial charge in [-0.25, -0.2) is 9.18 Å². The molecule has 2 aromatic rings. The molecule has 6 nitrogen and oxygen atoms in total. The number of esters is 1. The minimum Gasteiger partial charge on any atom is -0.462 e. The van der Waals surface area contributed by atoms with Gasteiger partial charge in [-0.3, -0.25) is 14.6 Å². The van der Waals surface area contributed by atoms with Crippen LogP contribution in [0.2, 0.25) is 5.02 Å². The zero-order chi connectivity index (χ0) is 24.1. The lowest BCUT2D eigenvalue weighted by atomic mass is 10.1. The van der Waals surface area contributed by atoms with Gasteiger partial charge in [0.1, 0.15) is 10.8 Å². The zero-order valence-electron chi connectivity index (χ0n) is 19.5. The van der Waals surface area contributed by atoms with Gasteiger partial charge in [-0.15, -0.1) is 11.3 Å². The molecule has 9 heteroatoms. The number of nitrogens with zero attached hydrogens (tertiary/aromatic N) is 2. The van der Waals surface area contributed by atoms with Crippen molar-refractivity contribution in [3.05, 3.63) is 50.6 Å². The maximum Gasteiger partial charge on any atom is 0.341 e. The van der Waals surface area contributed by atoms with E-state index in [0.717, 1.165) is 69.4 Å². The van der Waals surface area contributed by atoms with E-state index in [9.17, 15) is 14.0 Å². The summed E-state index contributed by atoms with van der Waals surface area (Å²) >= 11 is 7.69. The summed E-state index contributed by atoms with van der Waals surface area (Å²) in [5.74, 6) is -0.792. The molecule has 1 saturated heterocycles. The molecule has 1 fully saturated rings. The Morgan fingerprint density at radius 3 is 2.59 bits per heavy atom. The highest BCUT2D eigenvalue weighted by Gasteiger charge is 2.27. The fourth-order valence-corrected chi connectivity index (χ4v) is 6.14. The molecule has 1 aromatic heterocycles.